The molecule has 388 valence electrons. The fraction of sp³-hybridized carbons (Fsp3) is 0.475. The standard InChI is InChI=1S/C61H74N8O5/c1-64-21-25-66(26-22-64)48-17-13-43(14-18-48)46-33-50-39-62-54-37-58-56(35-52(54)60(68(50)41-46)45-11-9-12-45)71-29-7-5-3-4-6-8-30-72-57-36-53-55(38-59(57)74-32-10-31-73-58)63-40-51-34-47(42-69(51)61(53)70)44-15-19-49(20-16-44)67-27-23-65(2)24-28-67/h13-20,35-39,41-42,50-51,63H,3-12,21-34,40H2,1-2H3. The van der Waals surface area contributed by atoms with Crippen LogP contribution in [0.3, 0.4) is 0 Å². The third-order valence-corrected chi connectivity index (χ3v) is 16.6. The van der Waals surface area contributed by atoms with Crippen molar-refractivity contribution in [3.8, 4) is 23.0 Å². The molecule has 1 amide bonds. The first-order chi connectivity index (χ1) is 36.4. The molecule has 13 nitrogen and oxygen atoms in total. The summed E-state index contributed by atoms with van der Waals surface area (Å²) >= 11 is 0. The van der Waals surface area contributed by atoms with Gasteiger partial charge in [0.25, 0.3) is 5.91 Å². The highest BCUT2D eigenvalue weighted by Crippen LogP contribution is 2.49. The molecule has 13 heteroatoms. The number of likely N-dealkylation sites (N-methyl/N-ethyl adjacent to an activating group) is 2. The molecule has 0 aromatic heterocycles. The molecule has 3 fully saturated rings. The predicted molar refractivity (Wildman–Crippen MR) is 298 cm³/mol. The summed E-state index contributed by atoms with van der Waals surface area (Å²) in [6.07, 6.45) is 18.7. The molecule has 0 spiro atoms. The molecule has 0 radical (unpaired) electrons. The van der Waals surface area contributed by atoms with Gasteiger partial charge in [-0.05, 0) is 117 Å². The van der Waals surface area contributed by atoms with E-state index >= 15 is 0 Å². The van der Waals surface area contributed by atoms with Crippen molar-refractivity contribution in [1.29, 1.82) is 0 Å². The van der Waals surface area contributed by atoms with Crippen molar-refractivity contribution in [3.63, 3.8) is 0 Å². The number of hydrogen-bond acceptors (Lipinski definition) is 12. The van der Waals surface area contributed by atoms with E-state index in [0.717, 1.165) is 139 Å². The maximum atomic E-state index is 14.4. The van der Waals surface area contributed by atoms with Crippen LogP contribution < -0.4 is 34.1 Å². The predicted octanol–water partition coefficient (Wildman–Crippen LogP) is 10.6. The van der Waals surface area contributed by atoms with E-state index < -0.39 is 0 Å². The number of allylic oxidation sites excluding steroid dienone is 1. The lowest BCUT2D eigenvalue weighted by atomic mass is 9.87. The lowest BCUT2D eigenvalue weighted by Crippen LogP contribution is -2.44. The summed E-state index contributed by atoms with van der Waals surface area (Å²) in [4.78, 5) is 33.8. The Kier molecular flexibility index (Phi) is 14.3. The Morgan fingerprint density at radius 1 is 0.541 bits per heavy atom. The summed E-state index contributed by atoms with van der Waals surface area (Å²) < 4.78 is 26.3. The Labute approximate surface area is 438 Å². The second-order valence-electron chi connectivity index (χ2n) is 21.7. The van der Waals surface area contributed by atoms with Gasteiger partial charge in [0.1, 0.15) is 0 Å². The number of piperazine rings is 2. The van der Waals surface area contributed by atoms with Crippen LogP contribution in [0.1, 0.15) is 104 Å². The molecule has 1 aliphatic carbocycles. The average Bonchev–Trinajstić information content (AvgIpc) is 3.98. The number of aliphatic imine (C=N–C) groups is 1. The Bertz CT molecular complexity index is 2800. The van der Waals surface area contributed by atoms with Crippen LogP contribution >= 0.6 is 0 Å². The van der Waals surface area contributed by atoms with Crippen LogP contribution in [0, 0.1) is 0 Å². The molecule has 4 aromatic rings. The molecule has 2 unspecified atom stereocenters. The van der Waals surface area contributed by atoms with Crippen LogP contribution in [-0.2, 0) is 0 Å². The van der Waals surface area contributed by atoms with Gasteiger partial charge in [0.05, 0.1) is 61.1 Å². The number of carbonyl (C=O) groups excluding carboxylic acids is 1. The SMILES string of the molecule is CN1CCN(c2ccc(C3=CN4C(=C5CCC5)c5cc6c(cc5N=CC4C3)OCCCOc3cc4c(cc3OCCCCCCCCO6)C(=O)N3C=C(c5ccc(N6CCN(C)CC6)cc5)CC3CN4)cc2)CC1. The van der Waals surface area contributed by atoms with Gasteiger partial charge < -0.3 is 53.7 Å². The third-order valence-electron chi connectivity index (χ3n) is 16.6. The zero-order valence-electron chi connectivity index (χ0n) is 43.7. The minimum absolute atomic E-state index is 0.0109. The van der Waals surface area contributed by atoms with Gasteiger partial charge in [0, 0.05) is 119 Å². The number of nitrogens with one attached hydrogen (secondary N) is 1. The molecule has 12 rings (SSSR count). The van der Waals surface area contributed by atoms with Crippen LogP contribution in [0.4, 0.5) is 22.7 Å². The number of rotatable bonds is 4. The van der Waals surface area contributed by atoms with Gasteiger partial charge in [-0.25, -0.2) is 0 Å². The fourth-order valence-electron chi connectivity index (χ4n) is 11.9. The molecule has 2 saturated heterocycles. The second kappa shape index (κ2) is 21.8. The van der Waals surface area contributed by atoms with E-state index in [1.54, 1.807) is 0 Å². The summed E-state index contributed by atoms with van der Waals surface area (Å²) in [6, 6.07) is 26.5. The van der Waals surface area contributed by atoms with Crippen LogP contribution in [0.5, 0.6) is 23.0 Å². The maximum Gasteiger partial charge on any atom is 0.260 e. The zero-order valence-corrected chi connectivity index (χ0v) is 43.7. The number of amides is 1. The minimum Gasteiger partial charge on any atom is -0.490 e. The number of fused-ring (bicyclic) bond motifs is 6. The number of ether oxygens (including phenoxy) is 4. The van der Waals surface area contributed by atoms with Gasteiger partial charge in [-0.3, -0.25) is 9.79 Å². The summed E-state index contributed by atoms with van der Waals surface area (Å²) in [6.45, 7) is 11.2. The number of hydrogen-bond donors (Lipinski definition) is 1. The van der Waals surface area contributed by atoms with Gasteiger partial charge in [-0.2, -0.15) is 0 Å². The normalized spacial score (nSPS) is 23.1. The smallest absolute Gasteiger partial charge is 0.260 e. The Balaban J connectivity index is 0.744. The topological polar surface area (TPSA) is 97.8 Å². The highest BCUT2D eigenvalue weighted by Gasteiger charge is 2.37. The molecule has 8 aliphatic rings. The minimum atomic E-state index is -0.0162. The van der Waals surface area contributed by atoms with Gasteiger partial charge >= 0.3 is 0 Å². The quantitative estimate of drug-likeness (QED) is 0.212. The van der Waals surface area contributed by atoms with Crippen molar-refractivity contribution in [3.05, 3.63) is 113 Å². The Morgan fingerprint density at radius 3 is 1.64 bits per heavy atom. The Hall–Kier alpha value is -6.44. The van der Waals surface area contributed by atoms with Crippen molar-refractivity contribution in [2.75, 3.05) is 115 Å². The van der Waals surface area contributed by atoms with E-state index in [-0.39, 0.29) is 18.0 Å². The monoisotopic (exact) mass is 999 g/mol. The van der Waals surface area contributed by atoms with E-state index in [2.05, 4.69) is 123 Å². The summed E-state index contributed by atoms with van der Waals surface area (Å²) in [7, 11) is 4.39. The van der Waals surface area contributed by atoms with Crippen LogP contribution in [0.2, 0.25) is 0 Å². The average molecular weight is 999 g/mol. The lowest BCUT2D eigenvalue weighted by Gasteiger charge is -2.34. The lowest BCUT2D eigenvalue weighted by molar-refractivity contribution is 0.0796. The third kappa shape index (κ3) is 10.3. The zero-order chi connectivity index (χ0) is 50.0. The second-order valence-corrected chi connectivity index (χ2v) is 21.7. The largest absolute Gasteiger partial charge is 0.490 e. The first-order valence-corrected chi connectivity index (χ1v) is 27.9. The molecule has 2 atom stereocenters. The van der Waals surface area contributed by atoms with Crippen LogP contribution in [-0.4, -0.2) is 143 Å². The van der Waals surface area contributed by atoms with E-state index in [9.17, 15) is 4.79 Å². The maximum absolute atomic E-state index is 14.4. The summed E-state index contributed by atoms with van der Waals surface area (Å²) in [5.74, 6) is 2.72. The molecule has 7 aliphatic heterocycles. The highest BCUT2D eigenvalue weighted by molar-refractivity contribution is 6.03. The van der Waals surface area contributed by atoms with E-state index in [1.165, 1.54) is 51.3 Å². The van der Waals surface area contributed by atoms with Crippen molar-refractivity contribution < 1.29 is 23.7 Å². The first-order valence-electron chi connectivity index (χ1n) is 27.9. The molecule has 74 heavy (non-hydrogen) atoms. The van der Waals surface area contributed by atoms with Crippen LogP contribution in [0.25, 0.3) is 16.8 Å². The first kappa shape index (κ1) is 48.5. The van der Waals surface area contributed by atoms with Gasteiger partial charge in [0.2, 0.25) is 0 Å². The summed E-state index contributed by atoms with van der Waals surface area (Å²) in [5, 5.41) is 3.63. The van der Waals surface area contributed by atoms with Gasteiger partial charge in [-0.1, -0.05) is 49.9 Å². The van der Waals surface area contributed by atoms with Crippen LogP contribution in [0.15, 0.2) is 95.8 Å². The molecule has 1 saturated carbocycles. The van der Waals surface area contributed by atoms with Crippen molar-refractivity contribution in [2.45, 2.75) is 89.1 Å². The molecular formula is C61H74N8O5. The highest BCUT2D eigenvalue weighted by atomic mass is 16.5. The fourth-order valence-corrected chi connectivity index (χ4v) is 11.9. The number of nitrogens with zero attached hydrogens (tertiary/aromatic N) is 7. The van der Waals surface area contributed by atoms with E-state index in [1.807, 2.05) is 17.0 Å². The Morgan fingerprint density at radius 2 is 1.05 bits per heavy atom. The van der Waals surface area contributed by atoms with Crippen molar-refractivity contribution >= 4 is 51.7 Å². The van der Waals surface area contributed by atoms with Crippen molar-refractivity contribution in [2.24, 2.45) is 4.99 Å². The van der Waals surface area contributed by atoms with E-state index in [0.29, 0.717) is 62.2 Å². The van der Waals surface area contributed by atoms with E-state index in [4.69, 9.17) is 23.9 Å². The molecule has 1 N–H and O–H groups in total. The molecule has 0 bridgehead atoms. The molecule has 7 heterocycles. The summed E-state index contributed by atoms with van der Waals surface area (Å²) in [5.41, 5.74) is 13.8. The molecule has 4 aromatic carbocycles. The number of carbonyl (C=O) groups is 1. The number of benzene rings is 4. The van der Waals surface area contributed by atoms with Crippen molar-refractivity contribution in [1.82, 2.24) is 19.6 Å². The number of anilines is 3. The van der Waals surface area contributed by atoms with Gasteiger partial charge in [-0.15, -0.1) is 0 Å². The van der Waals surface area contributed by atoms with Gasteiger partial charge in [0.15, 0.2) is 23.0 Å². The molecular weight excluding hydrogens is 925 g/mol.